The summed E-state index contributed by atoms with van der Waals surface area (Å²) >= 11 is 0. The van der Waals surface area contributed by atoms with Gasteiger partial charge in [0.25, 0.3) is 0 Å². The number of nitrogens with zero attached hydrogens (tertiary/aromatic N) is 2. The lowest BCUT2D eigenvalue weighted by atomic mass is 9.86. The first-order chi connectivity index (χ1) is 12.2. The second kappa shape index (κ2) is 7.29. The molecular weight excluding hydrogens is 328 g/mol. The van der Waals surface area contributed by atoms with Crippen molar-refractivity contribution < 1.29 is 14.3 Å². The summed E-state index contributed by atoms with van der Waals surface area (Å²) in [5, 5.41) is 18.3. The molecule has 0 N–H and O–H groups in total. The summed E-state index contributed by atoms with van der Waals surface area (Å²) in [6, 6.07) is 17.9. The standard InChI is InChI=1S/C21H20N2O3/c1-20(2,13-22)15-5-9-17(10-6-15)25-19(24)26-18-11-7-16(8-12-18)21(3,4)14-23/h5-12H,1-4H3. The topological polar surface area (TPSA) is 83.1 Å². The molecule has 0 aliphatic heterocycles. The molecule has 0 heterocycles. The molecule has 0 spiro atoms. The Morgan fingerprint density at radius 1 is 0.731 bits per heavy atom. The lowest BCUT2D eigenvalue weighted by Crippen LogP contribution is -2.16. The molecule has 0 aliphatic rings. The van der Waals surface area contributed by atoms with Crippen molar-refractivity contribution in [2.45, 2.75) is 38.5 Å². The predicted octanol–water partition coefficient (Wildman–Crippen LogP) is 4.87. The highest BCUT2D eigenvalue weighted by Gasteiger charge is 2.21. The molecule has 0 atom stereocenters. The van der Waals surface area contributed by atoms with Crippen LogP contribution in [0.5, 0.6) is 11.5 Å². The highest BCUT2D eigenvalue weighted by molar-refractivity contribution is 5.67. The molecule has 132 valence electrons. The minimum Gasteiger partial charge on any atom is -0.395 e. The number of hydrogen-bond donors (Lipinski definition) is 0. The maximum absolute atomic E-state index is 11.9. The Hall–Kier alpha value is -3.31. The number of nitriles is 2. The zero-order chi connectivity index (χ0) is 19.4. The molecule has 5 heteroatoms. The molecule has 0 amide bonds. The van der Waals surface area contributed by atoms with E-state index in [1.807, 2.05) is 27.7 Å². The van der Waals surface area contributed by atoms with Crippen molar-refractivity contribution in [2.75, 3.05) is 0 Å². The number of hydrogen-bond acceptors (Lipinski definition) is 5. The fourth-order valence-corrected chi connectivity index (χ4v) is 2.22. The van der Waals surface area contributed by atoms with Gasteiger partial charge in [-0.05, 0) is 63.1 Å². The van der Waals surface area contributed by atoms with Gasteiger partial charge in [-0.25, -0.2) is 4.79 Å². The van der Waals surface area contributed by atoms with E-state index in [-0.39, 0.29) is 0 Å². The van der Waals surface area contributed by atoms with Crippen LogP contribution in [-0.2, 0) is 10.8 Å². The van der Waals surface area contributed by atoms with Crippen LogP contribution in [0.15, 0.2) is 48.5 Å². The predicted molar refractivity (Wildman–Crippen MR) is 96.8 cm³/mol. The molecule has 0 aromatic heterocycles. The van der Waals surface area contributed by atoms with Gasteiger partial charge in [0.2, 0.25) is 0 Å². The van der Waals surface area contributed by atoms with Crippen LogP contribution in [0.3, 0.4) is 0 Å². The molecule has 0 saturated carbocycles. The Morgan fingerprint density at radius 3 is 1.31 bits per heavy atom. The van der Waals surface area contributed by atoms with Gasteiger partial charge < -0.3 is 9.47 Å². The SMILES string of the molecule is CC(C)(C#N)c1ccc(OC(=O)Oc2ccc(C(C)(C)C#N)cc2)cc1. The van der Waals surface area contributed by atoms with Crippen molar-refractivity contribution in [1.82, 2.24) is 0 Å². The Kier molecular flexibility index (Phi) is 5.33. The van der Waals surface area contributed by atoms with Gasteiger partial charge in [0.1, 0.15) is 11.5 Å². The molecule has 0 aliphatic carbocycles. The van der Waals surface area contributed by atoms with Gasteiger partial charge in [-0.3, -0.25) is 0 Å². The summed E-state index contributed by atoms with van der Waals surface area (Å²) in [6.07, 6.45) is -0.857. The average Bonchev–Trinajstić information content (AvgIpc) is 2.62. The number of rotatable bonds is 4. The molecule has 2 rings (SSSR count). The van der Waals surface area contributed by atoms with Crippen LogP contribution in [0.25, 0.3) is 0 Å². The van der Waals surface area contributed by atoms with Crippen molar-refractivity contribution in [1.29, 1.82) is 10.5 Å². The molecule has 26 heavy (non-hydrogen) atoms. The molecule has 0 saturated heterocycles. The average molecular weight is 348 g/mol. The first kappa shape index (κ1) is 19.0. The third-order valence-electron chi connectivity index (χ3n) is 4.11. The Balaban J connectivity index is 2.01. The fourth-order valence-electron chi connectivity index (χ4n) is 2.22. The summed E-state index contributed by atoms with van der Waals surface area (Å²) < 4.78 is 10.3. The van der Waals surface area contributed by atoms with Crippen molar-refractivity contribution in [3.05, 3.63) is 59.7 Å². The van der Waals surface area contributed by atoms with Gasteiger partial charge in [0.05, 0.1) is 23.0 Å². The molecule has 2 aromatic rings. The number of benzene rings is 2. The Bertz CT molecular complexity index is 794. The maximum Gasteiger partial charge on any atom is 0.519 e. The van der Waals surface area contributed by atoms with Crippen LogP contribution in [-0.4, -0.2) is 6.16 Å². The van der Waals surface area contributed by atoms with E-state index in [1.54, 1.807) is 48.5 Å². The summed E-state index contributed by atoms with van der Waals surface area (Å²) in [4.78, 5) is 11.9. The normalized spacial score (nSPS) is 11.2. The number of ether oxygens (including phenoxy) is 2. The van der Waals surface area contributed by atoms with E-state index in [4.69, 9.17) is 20.0 Å². The summed E-state index contributed by atoms with van der Waals surface area (Å²) in [7, 11) is 0. The minimum atomic E-state index is -0.857. The second-order valence-electron chi connectivity index (χ2n) is 6.98. The van der Waals surface area contributed by atoms with E-state index >= 15 is 0 Å². The van der Waals surface area contributed by atoms with E-state index in [2.05, 4.69) is 12.1 Å². The van der Waals surface area contributed by atoms with Gasteiger partial charge in [0, 0.05) is 0 Å². The van der Waals surface area contributed by atoms with Gasteiger partial charge in [0.15, 0.2) is 0 Å². The van der Waals surface area contributed by atoms with Gasteiger partial charge in [-0.2, -0.15) is 10.5 Å². The first-order valence-electron chi connectivity index (χ1n) is 8.11. The second-order valence-corrected chi connectivity index (χ2v) is 6.98. The quantitative estimate of drug-likeness (QED) is 0.581. The van der Waals surface area contributed by atoms with Gasteiger partial charge >= 0.3 is 6.16 Å². The van der Waals surface area contributed by atoms with Crippen molar-refractivity contribution in [3.8, 4) is 23.6 Å². The van der Waals surface area contributed by atoms with Crippen LogP contribution >= 0.6 is 0 Å². The van der Waals surface area contributed by atoms with E-state index < -0.39 is 17.0 Å². The van der Waals surface area contributed by atoms with Gasteiger partial charge in [-0.1, -0.05) is 24.3 Å². The fraction of sp³-hybridized carbons (Fsp3) is 0.286. The zero-order valence-electron chi connectivity index (χ0n) is 15.2. The summed E-state index contributed by atoms with van der Waals surface area (Å²) in [5.74, 6) is 0.657. The largest absolute Gasteiger partial charge is 0.519 e. The van der Waals surface area contributed by atoms with Crippen molar-refractivity contribution >= 4 is 6.16 Å². The van der Waals surface area contributed by atoms with Crippen LogP contribution in [0, 0.1) is 22.7 Å². The van der Waals surface area contributed by atoms with E-state index in [1.165, 1.54) is 0 Å². The highest BCUT2D eigenvalue weighted by atomic mass is 16.7. The molecule has 2 aromatic carbocycles. The first-order valence-corrected chi connectivity index (χ1v) is 8.11. The van der Waals surface area contributed by atoms with Crippen LogP contribution in [0.4, 0.5) is 4.79 Å². The van der Waals surface area contributed by atoms with Gasteiger partial charge in [-0.15, -0.1) is 0 Å². The van der Waals surface area contributed by atoms with Crippen molar-refractivity contribution in [2.24, 2.45) is 0 Å². The van der Waals surface area contributed by atoms with E-state index in [0.29, 0.717) is 11.5 Å². The summed E-state index contributed by atoms with van der Waals surface area (Å²) in [5.41, 5.74) is 0.434. The molecule has 0 radical (unpaired) electrons. The molecular formula is C21H20N2O3. The zero-order valence-corrected chi connectivity index (χ0v) is 15.2. The number of carbonyl (C=O) groups excluding carboxylic acids is 1. The minimum absolute atomic E-state index is 0.328. The molecule has 5 nitrogen and oxygen atoms in total. The monoisotopic (exact) mass is 348 g/mol. The van der Waals surface area contributed by atoms with E-state index in [0.717, 1.165) is 11.1 Å². The molecule has 0 fully saturated rings. The summed E-state index contributed by atoms with van der Waals surface area (Å²) in [6.45, 7) is 7.26. The van der Waals surface area contributed by atoms with Crippen LogP contribution in [0.1, 0.15) is 38.8 Å². The molecule has 0 unspecified atom stereocenters. The third-order valence-corrected chi connectivity index (χ3v) is 4.11. The van der Waals surface area contributed by atoms with Crippen LogP contribution in [0.2, 0.25) is 0 Å². The lowest BCUT2D eigenvalue weighted by Gasteiger charge is -2.16. The smallest absolute Gasteiger partial charge is 0.395 e. The van der Waals surface area contributed by atoms with Crippen molar-refractivity contribution in [3.63, 3.8) is 0 Å². The van der Waals surface area contributed by atoms with E-state index in [9.17, 15) is 4.79 Å². The molecule has 0 bridgehead atoms. The lowest BCUT2D eigenvalue weighted by molar-refractivity contribution is 0.152. The van der Waals surface area contributed by atoms with Crippen LogP contribution < -0.4 is 9.47 Å². The Morgan fingerprint density at radius 2 is 1.04 bits per heavy atom. The number of carbonyl (C=O) groups is 1. The Labute approximate surface area is 153 Å². The highest BCUT2D eigenvalue weighted by Crippen LogP contribution is 2.26. The maximum atomic E-state index is 11.9. The third kappa shape index (κ3) is 4.40.